The molecule has 3 amide bonds. The molecule has 40 heavy (non-hydrogen) atoms. The maximum absolute atomic E-state index is 13.5. The molecule has 0 fully saturated rings. The number of benzene rings is 3. The lowest BCUT2D eigenvalue weighted by atomic mass is 10.0. The van der Waals surface area contributed by atoms with E-state index in [1.54, 1.807) is 17.0 Å². The maximum Gasteiger partial charge on any atom is 0.264 e. The van der Waals surface area contributed by atoms with Crippen LogP contribution in [0.1, 0.15) is 40.5 Å². The Kier molecular flexibility index (Phi) is 11.7. The van der Waals surface area contributed by atoms with Crippen LogP contribution < -0.4 is 32.5 Å². The quantitative estimate of drug-likeness (QED) is 0.198. The van der Waals surface area contributed by atoms with Crippen molar-refractivity contribution in [2.75, 3.05) is 24.5 Å². The number of carbonyl (C=O) groups is 3. The summed E-state index contributed by atoms with van der Waals surface area (Å²) in [6.07, 6.45) is 4.85. The van der Waals surface area contributed by atoms with Gasteiger partial charge in [-0.2, -0.15) is 0 Å². The Balaban J connectivity index is 0.00000441. The molecule has 4 aromatic rings. The van der Waals surface area contributed by atoms with Crippen LogP contribution in [0.5, 0.6) is 0 Å². The first-order valence-corrected chi connectivity index (χ1v) is 13.8. The van der Waals surface area contributed by atoms with E-state index in [1.807, 2.05) is 83.7 Å². The third-order valence-electron chi connectivity index (χ3n) is 6.26. The molecule has 0 saturated heterocycles. The number of carbonyl (C=O) groups excluding carboxylic acids is 3. The molecule has 9 heteroatoms. The van der Waals surface area contributed by atoms with Crippen LogP contribution in [-0.2, 0) is 11.3 Å². The molecular formula is C31H32BrClN4O3. The summed E-state index contributed by atoms with van der Waals surface area (Å²) in [6, 6.07) is 24.5. The van der Waals surface area contributed by atoms with Gasteiger partial charge in [0.1, 0.15) is 12.1 Å². The number of hydrogen-bond donors (Lipinski definition) is 2. The highest BCUT2D eigenvalue weighted by Gasteiger charge is 2.22. The van der Waals surface area contributed by atoms with Crippen LogP contribution in [0.3, 0.4) is 0 Å². The van der Waals surface area contributed by atoms with Crippen molar-refractivity contribution >= 4 is 50.1 Å². The molecule has 2 N–H and O–H groups in total. The Morgan fingerprint density at radius 3 is 2.35 bits per heavy atom. The van der Waals surface area contributed by atoms with Crippen LogP contribution in [0.4, 0.5) is 5.69 Å². The Morgan fingerprint density at radius 2 is 1.57 bits per heavy atom. The minimum Gasteiger partial charge on any atom is -1.00 e. The maximum atomic E-state index is 13.5. The molecule has 0 bridgehead atoms. The SMILES string of the molecule is CCC[n+]1cc(Br)cc(C(=O)N(CCC(=O)NCCNC(=O)c2cccc3ccccc23)c2ccccc2)c1.[Cl-]. The lowest BCUT2D eigenvalue weighted by molar-refractivity contribution is -0.697. The molecule has 208 valence electrons. The van der Waals surface area contributed by atoms with Crippen LogP contribution in [0, 0.1) is 0 Å². The van der Waals surface area contributed by atoms with E-state index in [4.69, 9.17) is 0 Å². The van der Waals surface area contributed by atoms with Gasteiger partial charge in [-0.3, -0.25) is 14.4 Å². The number of nitrogens with one attached hydrogen (secondary N) is 2. The minimum atomic E-state index is -0.196. The Labute approximate surface area is 249 Å². The van der Waals surface area contributed by atoms with Crippen molar-refractivity contribution in [3.05, 3.63) is 107 Å². The van der Waals surface area contributed by atoms with Crippen molar-refractivity contribution in [1.29, 1.82) is 0 Å². The third kappa shape index (κ3) is 8.13. The fourth-order valence-corrected chi connectivity index (χ4v) is 4.92. The zero-order valence-electron chi connectivity index (χ0n) is 22.3. The van der Waals surface area contributed by atoms with Crippen molar-refractivity contribution in [2.24, 2.45) is 0 Å². The summed E-state index contributed by atoms with van der Waals surface area (Å²) in [5.74, 6) is -0.558. The van der Waals surface area contributed by atoms with Crippen molar-refractivity contribution in [3.63, 3.8) is 0 Å². The van der Waals surface area contributed by atoms with Crippen LogP contribution >= 0.6 is 15.9 Å². The summed E-state index contributed by atoms with van der Waals surface area (Å²) in [5.41, 5.74) is 1.86. The number of pyridine rings is 1. The zero-order chi connectivity index (χ0) is 27.6. The number of rotatable bonds is 11. The van der Waals surface area contributed by atoms with Gasteiger partial charge in [0.25, 0.3) is 11.8 Å². The second-order valence-corrected chi connectivity index (χ2v) is 10.1. The first kappa shape index (κ1) is 30.8. The predicted octanol–water partition coefficient (Wildman–Crippen LogP) is 1.89. The molecule has 1 heterocycles. The lowest BCUT2D eigenvalue weighted by Gasteiger charge is -2.22. The smallest absolute Gasteiger partial charge is 0.264 e. The van der Waals surface area contributed by atoms with E-state index in [-0.39, 0.29) is 49.6 Å². The second kappa shape index (κ2) is 15.1. The summed E-state index contributed by atoms with van der Waals surface area (Å²) in [4.78, 5) is 40.5. The number of nitrogens with zero attached hydrogens (tertiary/aromatic N) is 2. The number of hydrogen-bond acceptors (Lipinski definition) is 3. The van der Waals surface area contributed by atoms with Gasteiger partial charge in [-0.05, 0) is 51.0 Å². The number of halogens is 2. The predicted molar refractivity (Wildman–Crippen MR) is 157 cm³/mol. The van der Waals surface area contributed by atoms with Crippen molar-refractivity contribution in [3.8, 4) is 0 Å². The minimum absolute atomic E-state index is 0. The Bertz CT molecular complexity index is 1460. The Morgan fingerprint density at radius 1 is 0.875 bits per heavy atom. The monoisotopic (exact) mass is 622 g/mol. The molecule has 0 radical (unpaired) electrons. The van der Waals surface area contributed by atoms with E-state index in [0.29, 0.717) is 17.7 Å². The van der Waals surface area contributed by atoms with E-state index >= 15 is 0 Å². The molecule has 7 nitrogen and oxygen atoms in total. The van der Waals surface area contributed by atoms with Gasteiger partial charge in [0.15, 0.2) is 12.4 Å². The Hall–Kier alpha value is -3.75. The van der Waals surface area contributed by atoms with Crippen LogP contribution in [0.25, 0.3) is 10.8 Å². The molecule has 0 saturated carbocycles. The van der Waals surface area contributed by atoms with Gasteiger partial charge in [-0.1, -0.05) is 61.5 Å². The van der Waals surface area contributed by atoms with E-state index in [1.165, 1.54) is 0 Å². The van der Waals surface area contributed by atoms with E-state index in [2.05, 4.69) is 33.5 Å². The molecule has 0 aliphatic carbocycles. The summed E-state index contributed by atoms with van der Waals surface area (Å²) in [7, 11) is 0. The molecule has 0 spiro atoms. The highest BCUT2D eigenvalue weighted by molar-refractivity contribution is 9.10. The normalized spacial score (nSPS) is 10.4. The topological polar surface area (TPSA) is 82.4 Å². The van der Waals surface area contributed by atoms with Crippen molar-refractivity contribution in [1.82, 2.24) is 10.6 Å². The van der Waals surface area contributed by atoms with Crippen molar-refractivity contribution in [2.45, 2.75) is 26.3 Å². The van der Waals surface area contributed by atoms with Crippen molar-refractivity contribution < 1.29 is 31.4 Å². The molecule has 0 atom stereocenters. The number of anilines is 1. The average Bonchev–Trinajstić information content (AvgIpc) is 2.95. The highest BCUT2D eigenvalue weighted by atomic mass is 79.9. The van der Waals surface area contributed by atoms with E-state index < -0.39 is 0 Å². The molecule has 3 aromatic carbocycles. The van der Waals surface area contributed by atoms with Gasteiger partial charge in [0.05, 0.1) is 4.47 Å². The van der Waals surface area contributed by atoms with E-state index in [0.717, 1.165) is 33.9 Å². The largest absolute Gasteiger partial charge is 1.00 e. The third-order valence-corrected chi connectivity index (χ3v) is 6.69. The molecule has 0 aliphatic heterocycles. The van der Waals surface area contributed by atoms with E-state index in [9.17, 15) is 14.4 Å². The molecule has 4 rings (SSSR count). The number of amides is 3. The summed E-state index contributed by atoms with van der Waals surface area (Å²) >= 11 is 3.51. The first-order chi connectivity index (χ1) is 19.0. The number of aryl methyl sites for hydroxylation is 1. The van der Waals surface area contributed by atoms with Gasteiger partial charge in [0, 0.05) is 43.7 Å². The number of aromatic nitrogens is 1. The van der Waals surface area contributed by atoms with Gasteiger partial charge in [0.2, 0.25) is 5.91 Å². The van der Waals surface area contributed by atoms with Crippen LogP contribution in [0.15, 0.2) is 95.7 Å². The molecule has 0 unspecified atom stereocenters. The molecule has 0 aliphatic rings. The van der Waals surface area contributed by atoms with Crippen LogP contribution in [0.2, 0.25) is 0 Å². The van der Waals surface area contributed by atoms with Gasteiger partial charge >= 0.3 is 0 Å². The summed E-state index contributed by atoms with van der Waals surface area (Å²) in [5, 5.41) is 7.60. The highest BCUT2D eigenvalue weighted by Crippen LogP contribution is 2.20. The fraction of sp³-hybridized carbons (Fsp3) is 0.226. The molecule has 1 aromatic heterocycles. The average molecular weight is 624 g/mol. The fourth-order valence-electron chi connectivity index (χ4n) is 4.41. The summed E-state index contributed by atoms with van der Waals surface area (Å²) in [6.45, 7) is 3.68. The summed E-state index contributed by atoms with van der Waals surface area (Å²) < 4.78 is 2.80. The number of fused-ring (bicyclic) bond motifs is 1. The van der Waals surface area contributed by atoms with Gasteiger partial charge in [-0.25, -0.2) is 4.57 Å². The van der Waals surface area contributed by atoms with Gasteiger partial charge in [-0.15, -0.1) is 0 Å². The first-order valence-electron chi connectivity index (χ1n) is 13.1. The van der Waals surface area contributed by atoms with Gasteiger partial charge < -0.3 is 27.9 Å². The number of para-hydroxylation sites is 1. The zero-order valence-corrected chi connectivity index (χ0v) is 24.6. The standard InChI is InChI=1S/C31H31BrN4O3.ClH/c1-2-18-35-21-24(20-25(32)22-35)31(39)36(26-11-4-3-5-12-26)19-15-29(37)33-16-17-34-30(38)28-14-8-10-23-9-6-7-13-27(23)28;/h3-14,20-22H,2,15-19H2,1H3,(H-,33,34,37,38);1H. The van der Waals surface area contributed by atoms with Crippen LogP contribution in [-0.4, -0.2) is 37.4 Å². The molecular weight excluding hydrogens is 592 g/mol. The lowest BCUT2D eigenvalue weighted by Crippen LogP contribution is -3.00. The second-order valence-electron chi connectivity index (χ2n) is 9.16.